The van der Waals surface area contributed by atoms with Gasteiger partial charge in [0.25, 0.3) is 0 Å². The molecule has 2 aliphatic heterocycles. The number of aromatic nitrogens is 2. The normalized spacial score (nSPS) is 19.3. The summed E-state index contributed by atoms with van der Waals surface area (Å²) < 4.78 is 15.6. The highest BCUT2D eigenvalue weighted by molar-refractivity contribution is 7.09. The minimum Gasteiger partial charge on any atom is -0.454 e. The molecule has 0 saturated heterocycles. The van der Waals surface area contributed by atoms with Gasteiger partial charge in [0.05, 0.1) is 0 Å². The van der Waals surface area contributed by atoms with Crippen molar-refractivity contribution in [3.05, 3.63) is 29.1 Å². The van der Waals surface area contributed by atoms with Crippen LogP contribution in [0.4, 0.5) is 5.13 Å². The molecular formula is C21H30N4O2S. The van der Waals surface area contributed by atoms with Gasteiger partial charge in [0.2, 0.25) is 11.9 Å². The van der Waals surface area contributed by atoms with E-state index in [0.29, 0.717) is 6.79 Å². The van der Waals surface area contributed by atoms with Gasteiger partial charge < -0.3 is 19.3 Å². The Balaban J connectivity index is 1.45. The summed E-state index contributed by atoms with van der Waals surface area (Å²) in [7, 11) is 2.21. The van der Waals surface area contributed by atoms with E-state index in [-0.39, 0.29) is 0 Å². The zero-order valence-corrected chi connectivity index (χ0v) is 17.8. The lowest BCUT2D eigenvalue weighted by Crippen LogP contribution is -2.27. The van der Waals surface area contributed by atoms with Gasteiger partial charge in [-0.15, -0.1) is 0 Å². The smallest absolute Gasteiger partial charge is 0.231 e. The van der Waals surface area contributed by atoms with Gasteiger partial charge in [0, 0.05) is 31.2 Å². The summed E-state index contributed by atoms with van der Waals surface area (Å²) in [5.41, 5.74) is 2.79. The first-order valence-electron chi connectivity index (χ1n) is 10.3. The monoisotopic (exact) mass is 402 g/mol. The first kappa shape index (κ1) is 19.5. The minimum atomic E-state index is 0.342. The summed E-state index contributed by atoms with van der Waals surface area (Å²) in [6.07, 6.45) is 7.06. The van der Waals surface area contributed by atoms with Gasteiger partial charge in [-0.2, -0.15) is 4.37 Å². The van der Waals surface area contributed by atoms with Crippen LogP contribution in [0.15, 0.2) is 12.1 Å². The first-order valence-corrected chi connectivity index (χ1v) is 11.1. The van der Waals surface area contributed by atoms with Crippen LogP contribution in [0.3, 0.4) is 0 Å². The van der Waals surface area contributed by atoms with Crippen molar-refractivity contribution in [2.75, 3.05) is 38.4 Å². The predicted octanol–water partition coefficient (Wildman–Crippen LogP) is 4.02. The lowest BCUT2D eigenvalue weighted by molar-refractivity contribution is 0.174. The second-order valence-corrected chi connectivity index (χ2v) is 8.57. The Morgan fingerprint density at radius 3 is 2.39 bits per heavy atom. The molecule has 6 nitrogen and oxygen atoms in total. The fourth-order valence-corrected chi connectivity index (χ4v) is 4.70. The van der Waals surface area contributed by atoms with Gasteiger partial charge in [-0.1, -0.05) is 6.42 Å². The molecule has 7 heteroatoms. The highest BCUT2D eigenvalue weighted by atomic mass is 32.1. The van der Waals surface area contributed by atoms with Crippen LogP contribution >= 0.6 is 11.5 Å². The van der Waals surface area contributed by atoms with E-state index in [9.17, 15) is 0 Å². The molecular weight excluding hydrogens is 372 g/mol. The van der Waals surface area contributed by atoms with E-state index in [1.165, 1.54) is 54.8 Å². The Labute approximate surface area is 171 Å². The Morgan fingerprint density at radius 1 is 0.929 bits per heavy atom. The summed E-state index contributed by atoms with van der Waals surface area (Å²) in [6, 6.07) is 4.40. The zero-order valence-electron chi connectivity index (χ0n) is 16.9. The third-order valence-corrected chi connectivity index (χ3v) is 6.38. The molecule has 0 fully saturated rings. The Kier molecular flexibility index (Phi) is 6.32. The molecule has 0 aliphatic carbocycles. The predicted molar refractivity (Wildman–Crippen MR) is 113 cm³/mol. The summed E-state index contributed by atoms with van der Waals surface area (Å²) in [4.78, 5) is 9.47. The van der Waals surface area contributed by atoms with Gasteiger partial charge in [-0.25, -0.2) is 4.98 Å². The highest BCUT2D eigenvalue weighted by Crippen LogP contribution is 2.36. The number of benzene rings is 1. The maximum absolute atomic E-state index is 5.61. The van der Waals surface area contributed by atoms with Crippen LogP contribution < -0.4 is 14.4 Å². The molecule has 1 aromatic carbocycles. The standard InChI is InChI=1S/C21H30N4O2S/c1-16-22-21(28-23-16)25-10-5-3-4-8-17-12-19-20(27-15-26-19)13-18(17)14-24(2)9-6-7-11-25/h12-13H,3-11,14-15H2,1-2H3. The Bertz CT molecular complexity index is 795. The van der Waals surface area contributed by atoms with Crippen molar-refractivity contribution in [2.45, 2.75) is 52.0 Å². The van der Waals surface area contributed by atoms with Gasteiger partial charge in [-0.3, -0.25) is 0 Å². The van der Waals surface area contributed by atoms with E-state index in [0.717, 1.165) is 55.1 Å². The van der Waals surface area contributed by atoms with Gasteiger partial charge in [-0.05, 0) is 75.9 Å². The van der Waals surface area contributed by atoms with Crippen molar-refractivity contribution in [3.8, 4) is 11.5 Å². The molecule has 0 N–H and O–H groups in total. The summed E-state index contributed by atoms with van der Waals surface area (Å²) in [6.45, 7) is 6.51. The average molecular weight is 403 g/mol. The molecule has 1 aromatic heterocycles. The molecule has 0 amide bonds. The lowest BCUT2D eigenvalue weighted by atomic mass is 9.99. The number of ether oxygens (including phenoxy) is 2. The van der Waals surface area contributed by atoms with Crippen LogP contribution in [0.5, 0.6) is 11.5 Å². The summed E-state index contributed by atoms with van der Waals surface area (Å²) in [5.74, 6) is 2.69. The van der Waals surface area contributed by atoms with E-state index in [4.69, 9.17) is 9.47 Å². The largest absolute Gasteiger partial charge is 0.454 e. The molecule has 0 radical (unpaired) electrons. The molecule has 3 heterocycles. The van der Waals surface area contributed by atoms with E-state index in [2.05, 4.69) is 38.3 Å². The minimum absolute atomic E-state index is 0.342. The van der Waals surface area contributed by atoms with Gasteiger partial charge >= 0.3 is 0 Å². The van der Waals surface area contributed by atoms with Crippen molar-refractivity contribution in [1.29, 1.82) is 0 Å². The molecule has 152 valence electrons. The first-order chi connectivity index (χ1) is 13.7. The third-order valence-electron chi connectivity index (χ3n) is 5.51. The van der Waals surface area contributed by atoms with E-state index < -0.39 is 0 Å². The second-order valence-electron chi connectivity index (χ2n) is 7.84. The molecule has 0 bridgehead atoms. The number of aryl methyl sites for hydroxylation is 2. The van der Waals surface area contributed by atoms with Crippen LogP contribution in [0.2, 0.25) is 0 Å². The molecule has 2 aliphatic rings. The lowest BCUT2D eigenvalue weighted by Gasteiger charge is -2.24. The molecule has 0 spiro atoms. The zero-order chi connectivity index (χ0) is 19.3. The highest BCUT2D eigenvalue weighted by Gasteiger charge is 2.18. The van der Waals surface area contributed by atoms with Gasteiger partial charge in [0.1, 0.15) is 5.82 Å². The van der Waals surface area contributed by atoms with E-state index in [1.54, 1.807) is 0 Å². The van der Waals surface area contributed by atoms with Crippen LogP contribution in [0.1, 0.15) is 49.1 Å². The van der Waals surface area contributed by atoms with Crippen LogP contribution in [0.25, 0.3) is 0 Å². The quantitative estimate of drug-likeness (QED) is 0.718. The van der Waals surface area contributed by atoms with Crippen molar-refractivity contribution in [1.82, 2.24) is 14.3 Å². The number of fused-ring (bicyclic) bond motifs is 2. The fourth-order valence-electron chi connectivity index (χ4n) is 3.97. The average Bonchev–Trinajstić information content (AvgIpc) is 3.31. The molecule has 28 heavy (non-hydrogen) atoms. The van der Waals surface area contributed by atoms with Crippen LogP contribution in [-0.2, 0) is 13.0 Å². The van der Waals surface area contributed by atoms with Gasteiger partial charge in [0.15, 0.2) is 11.5 Å². The molecule has 0 saturated carbocycles. The fraction of sp³-hybridized carbons (Fsp3) is 0.619. The van der Waals surface area contributed by atoms with Crippen molar-refractivity contribution in [2.24, 2.45) is 0 Å². The number of nitrogens with zero attached hydrogens (tertiary/aromatic N) is 4. The Morgan fingerprint density at radius 2 is 1.64 bits per heavy atom. The summed E-state index contributed by atoms with van der Waals surface area (Å²) in [5, 5.41) is 1.08. The Hall–Kier alpha value is -1.86. The number of anilines is 1. The number of hydrogen-bond donors (Lipinski definition) is 0. The SMILES string of the molecule is Cc1nsc(N2CCCCCc3cc4c(cc3CN(C)CCCC2)OCO4)n1. The number of rotatable bonds is 1. The van der Waals surface area contributed by atoms with Crippen LogP contribution in [0, 0.1) is 6.92 Å². The van der Waals surface area contributed by atoms with Crippen molar-refractivity contribution >= 4 is 16.7 Å². The third kappa shape index (κ3) is 4.75. The molecule has 4 rings (SSSR count). The van der Waals surface area contributed by atoms with Crippen molar-refractivity contribution in [3.63, 3.8) is 0 Å². The molecule has 2 aromatic rings. The maximum Gasteiger partial charge on any atom is 0.231 e. The van der Waals surface area contributed by atoms with Crippen molar-refractivity contribution < 1.29 is 9.47 Å². The summed E-state index contributed by atoms with van der Waals surface area (Å²) >= 11 is 1.53. The molecule has 0 unspecified atom stereocenters. The maximum atomic E-state index is 5.61. The number of hydrogen-bond acceptors (Lipinski definition) is 7. The van der Waals surface area contributed by atoms with E-state index in [1.807, 2.05) is 6.92 Å². The second kappa shape index (κ2) is 9.09. The molecule has 0 atom stereocenters. The van der Waals surface area contributed by atoms with E-state index >= 15 is 0 Å². The van der Waals surface area contributed by atoms with Crippen LogP contribution in [-0.4, -0.2) is 47.7 Å². The topological polar surface area (TPSA) is 50.7 Å².